The zero-order chi connectivity index (χ0) is 29.2. The predicted octanol–water partition coefficient (Wildman–Crippen LogP) is 1.44. The molecule has 2 aromatic rings. The van der Waals surface area contributed by atoms with Gasteiger partial charge in [0.25, 0.3) is 5.91 Å². The van der Waals surface area contributed by atoms with Crippen LogP contribution < -0.4 is 21.3 Å². The number of carbonyl (C=O) groups is 5. The molecule has 3 rings (SSSR count). The van der Waals surface area contributed by atoms with E-state index in [0.29, 0.717) is 6.42 Å². The maximum Gasteiger partial charge on any atom is 0.408 e. The average Bonchev–Trinajstić information content (AvgIpc) is 2.98. The molecule has 4 amide bonds. The topological polar surface area (TPSA) is 156 Å². The molecule has 4 N–H and O–H groups in total. The highest BCUT2D eigenvalue weighted by Gasteiger charge is 2.34. The minimum Gasteiger partial charge on any atom is -0.445 e. The highest BCUT2D eigenvalue weighted by atomic mass is 16.5. The van der Waals surface area contributed by atoms with Gasteiger partial charge in [0.05, 0.1) is 0 Å². The van der Waals surface area contributed by atoms with Crippen LogP contribution >= 0.6 is 0 Å². The lowest BCUT2D eigenvalue weighted by Crippen LogP contribution is -2.59. The maximum atomic E-state index is 13.4. The molecule has 2 heterocycles. The number of fused-ring (bicyclic) bond motifs is 1. The Kier molecular flexibility index (Phi) is 10.7. The van der Waals surface area contributed by atoms with Gasteiger partial charge in [0.2, 0.25) is 17.6 Å². The highest BCUT2D eigenvalue weighted by Crippen LogP contribution is 2.14. The van der Waals surface area contributed by atoms with E-state index in [1.807, 2.05) is 30.3 Å². The number of ether oxygens (including phenoxy) is 1. The first-order valence-corrected chi connectivity index (χ1v) is 13.4. The molecule has 11 heteroatoms. The minimum atomic E-state index is -1.13. The second kappa shape index (κ2) is 14.2. The molecular formula is C29H37N5O6. The normalized spacial score (nSPS) is 16.9. The zero-order valence-electron chi connectivity index (χ0n) is 23.2. The number of Topliss-reactive ketones (excluding diaryl/α,β-unsaturated/α-hetero) is 1. The van der Waals surface area contributed by atoms with Gasteiger partial charge < -0.3 is 26.0 Å². The van der Waals surface area contributed by atoms with E-state index in [0.717, 1.165) is 16.7 Å². The van der Waals surface area contributed by atoms with Crippen molar-refractivity contribution >= 4 is 29.6 Å². The van der Waals surface area contributed by atoms with Gasteiger partial charge in [0, 0.05) is 25.4 Å². The van der Waals surface area contributed by atoms with E-state index in [9.17, 15) is 24.0 Å². The van der Waals surface area contributed by atoms with Crippen LogP contribution in [-0.4, -0.2) is 59.3 Å². The number of nitrogens with one attached hydrogen (secondary N) is 4. The van der Waals surface area contributed by atoms with Crippen LogP contribution in [0.2, 0.25) is 0 Å². The van der Waals surface area contributed by atoms with E-state index in [1.165, 1.54) is 0 Å². The molecule has 0 spiro atoms. The summed E-state index contributed by atoms with van der Waals surface area (Å²) in [5.41, 5.74) is 2.47. The summed E-state index contributed by atoms with van der Waals surface area (Å²) in [6.45, 7) is 7.31. The molecule has 11 nitrogen and oxygen atoms in total. The number of nitrogens with zero attached hydrogens (tertiary/aromatic N) is 1. The molecule has 1 aliphatic heterocycles. The van der Waals surface area contributed by atoms with Crippen molar-refractivity contribution in [1.29, 1.82) is 0 Å². The van der Waals surface area contributed by atoms with Crippen LogP contribution in [0.25, 0.3) is 0 Å². The fourth-order valence-electron chi connectivity index (χ4n) is 4.33. The molecular weight excluding hydrogens is 514 g/mol. The lowest BCUT2D eigenvalue weighted by atomic mass is 9.96. The second-order valence-electron chi connectivity index (χ2n) is 10.4. The van der Waals surface area contributed by atoms with E-state index in [-0.39, 0.29) is 31.4 Å². The third kappa shape index (κ3) is 8.36. The second-order valence-corrected chi connectivity index (χ2v) is 10.4. The van der Waals surface area contributed by atoms with Gasteiger partial charge >= 0.3 is 6.09 Å². The Morgan fingerprint density at radius 2 is 1.62 bits per heavy atom. The fourth-order valence-corrected chi connectivity index (χ4v) is 4.33. The van der Waals surface area contributed by atoms with Crippen molar-refractivity contribution in [3.8, 4) is 0 Å². The highest BCUT2D eigenvalue weighted by molar-refractivity contribution is 6.38. The van der Waals surface area contributed by atoms with Crippen molar-refractivity contribution in [3.05, 3.63) is 65.5 Å². The van der Waals surface area contributed by atoms with E-state index < -0.39 is 47.7 Å². The Balaban J connectivity index is 1.69. The molecule has 0 aliphatic carbocycles. The number of alkyl carbamates (subject to hydrolysis) is 1. The number of rotatable bonds is 9. The molecule has 0 saturated heterocycles. The lowest BCUT2D eigenvalue weighted by molar-refractivity contribution is -0.140. The predicted molar refractivity (Wildman–Crippen MR) is 147 cm³/mol. The molecule has 3 atom stereocenters. The van der Waals surface area contributed by atoms with Crippen LogP contribution in [-0.2, 0) is 43.4 Å². The largest absolute Gasteiger partial charge is 0.445 e. The van der Waals surface area contributed by atoms with Crippen LogP contribution in [0.4, 0.5) is 4.79 Å². The van der Waals surface area contributed by atoms with Crippen molar-refractivity contribution < 1.29 is 28.7 Å². The first-order chi connectivity index (χ1) is 19.1. The molecule has 0 radical (unpaired) electrons. The van der Waals surface area contributed by atoms with Gasteiger partial charge in [-0.2, -0.15) is 0 Å². The van der Waals surface area contributed by atoms with Crippen LogP contribution in [0.1, 0.15) is 44.4 Å². The Morgan fingerprint density at radius 1 is 0.950 bits per heavy atom. The number of amides is 4. The van der Waals surface area contributed by atoms with Crippen molar-refractivity contribution in [3.63, 3.8) is 0 Å². The summed E-state index contributed by atoms with van der Waals surface area (Å²) < 4.78 is 5.25. The third-order valence-electron chi connectivity index (χ3n) is 6.65. The summed E-state index contributed by atoms with van der Waals surface area (Å²) in [6, 6.07) is 7.75. The van der Waals surface area contributed by atoms with Crippen molar-refractivity contribution in [2.24, 2.45) is 11.8 Å². The first-order valence-electron chi connectivity index (χ1n) is 13.4. The molecule has 1 aromatic carbocycles. The van der Waals surface area contributed by atoms with Gasteiger partial charge in [0.15, 0.2) is 0 Å². The van der Waals surface area contributed by atoms with Gasteiger partial charge in [-0.05, 0) is 41.0 Å². The number of carbonyl (C=O) groups excluding carboxylic acids is 5. The molecule has 1 aliphatic rings. The lowest BCUT2D eigenvalue weighted by Gasteiger charge is -2.28. The van der Waals surface area contributed by atoms with E-state index >= 15 is 0 Å². The smallest absolute Gasteiger partial charge is 0.408 e. The number of hydrogen-bond donors (Lipinski definition) is 4. The van der Waals surface area contributed by atoms with E-state index in [4.69, 9.17) is 4.74 Å². The zero-order valence-corrected chi connectivity index (χ0v) is 23.2. The van der Waals surface area contributed by atoms with E-state index in [1.54, 1.807) is 46.2 Å². The SMILES string of the molecule is CC(C)C(NC(=O)OCc1ccccc1)C(=O)NC(C(=O)NC1Cc2ccncc2CCNC(=O)C1=O)C(C)C. The average molecular weight is 552 g/mol. The van der Waals surface area contributed by atoms with Gasteiger partial charge in [0.1, 0.15) is 24.7 Å². The summed E-state index contributed by atoms with van der Waals surface area (Å²) in [5, 5.41) is 10.5. The maximum absolute atomic E-state index is 13.4. The Bertz CT molecular complexity index is 1220. The minimum absolute atomic E-state index is 0.0400. The molecule has 3 unspecified atom stereocenters. The van der Waals surface area contributed by atoms with Crippen LogP contribution in [0.15, 0.2) is 48.8 Å². The fraction of sp³-hybridized carbons (Fsp3) is 0.448. The number of ketones is 1. The van der Waals surface area contributed by atoms with Crippen molar-refractivity contribution in [2.45, 2.75) is 65.3 Å². The molecule has 214 valence electrons. The van der Waals surface area contributed by atoms with Crippen molar-refractivity contribution in [1.82, 2.24) is 26.3 Å². The summed E-state index contributed by atoms with van der Waals surface area (Å²) in [4.78, 5) is 68.5. The number of pyridine rings is 1. The van der Waals surface area contributed by atoms with Crippen LogP contribution in [0.5, 0.6) is 0 Å². The summed E-state index contributed by atoms with van der Waals surface area (Å²) in [7, 11) is 0. The number of aromatic nitrogens is 1. The quantitative estimate of drug-likeness (QED) is 0.344. The number of hydrogen-bond acceptors (Lipinski definition) is 7. The van der Waals surface area contributed by atoms with Gasteiger partial charge in [-0.15, -0.1) is 0 Å². The molecule has 0 fully saturated rings. The Labute approximate surface area is 233 Å². The molecule has 0 saturated carbocycles. The molecule has 1 aromatic heterocycles. The number of benzene rings is 1. The Hall–Kier alpha value is -4.28. The van der Waals surface area contributed by atoms with E-state index in [2.05, 4.69) is 26.3 Å². The molecule has 0 bridgehead atoms. The van der Waals surface area contributed by atoms with Gasteiger partial charge in [-0.25, -0.2) is 4.79 Å². The monoisotopic (exact) mass is 551 g/mol. The third-order valence-corrected chi connectivity index (χ3v) is 6.65. The molecule has 40 heavy (non-hydrogen) atoms. The summed E-state index contributed by atoms with van der Waals surface area (Å²) in [6.07, 6.45) is 3.12. The Morgan fingerprint density at radius 3 is 2.30 bits per heavy atom. The summed E-state index contributed by atoms with van der Waals surface area (Å²) >= 11 is 0. The summed E-state index contributed by atoms with van der Waals surface area (Å²) in [5.74, 6) is -3.42. The van der Waals surface area contributed by atoms with Crippen LogP contribution in [0, 0.1) is 11.8 Å². The standard InChI is InChI=1S/C29H37N5O6/c1-17(2)23(33-27(37)24(18(3)4)34-29(39)40-16-19-8-6-5-7-9-19)26(36)32-22-14-20-10-12-30-15-21(20)11-13-31-28(38)25(22)35/h5-10,12,15,17-18,22-24H,11,13-14,16H2,1-4H3,(H,31,38)(H,32,36)(H,33,37)(H,34,39). The van der Waals surface area contributed by atoms with Crippen LogP contribution in [0.3, 0.4) is 0 Å². The van der Waals surface area contributed by atoms with Crippen molar-refractivity contribution in [2.75, 3.05) is 6.54 Å². The van der Waals surface area contributed by atoms with Gasteiger partial charge in [-0.3, -0.25) is 24.2 Å². The van der Waals surface area contributed by atoms with Gasteiger partial charge in [-0.1, -0.05) is 58.0 Å². The first kappa shape index (κ1) is 30.3.